The second kappa shape index (κ2) is 11.5. The van der Waals surface area contributed by atoms with E-state index in [4.69, 9.17) is 4.74 Å². The number of carbonyl (C=O) groups is 2. The minimum Gasteiger partial charge on any atom is -0.507 e. The number of aliphatic hydroxyl groups excluding tert-OH is 1. The van der Waals surface area contributed by atoms with E-state index in [9.17, 15) is 14.7 Å². The predicted octanol–water partition coefficient (Wildman–Crippen LogP) is 4.96. The van der Waals surface area contributed by atoms with E-state index >= 15 is 0 Å². The summed E-state index contributed by atoms with van der Waals surface area (Å²) in [5.41, 5.74) is 1.34. The number of imidazole rings is 1. The molecule has 0 aliphatic carbocycles. The Morgan fingerprint density at radius 1 is 1.03 bits per heavy atom. The predicted molar refractivity (Wildman–Crippen MR) is 134 cm³/mol. The van der Waals surface area contributed by atoms with Gasteiger partial charge in [-0.1, -0.05) is 62.2 Å². The van der Waals surface area contributed by atoms with Crippen molar-refractivity contribution in [2.75, 3.05) is 13.2 Å². The lowest BCUT2D eigenvalue weighted by Gasteiger charge is -2.26. The number of likely N-dealkylation sites (tertiary alicyclic amines) is 1. The van der Waals surface area contributed by atoms with Gasteiger partial charge in [0, 0.05) is 31.0 Å². The zero-order valence-electron chi connectivity index (χ0n) is 20.0. The van der Waals surface area contributed by atoms with E-state index in [-0.39, 0.29) is 11.3 Å². The van der Waals surface area contributed by atoms with Crippen LogP contribution in [0.1, 0.15) is 49.8 Å². The average Bonchev–Trinajstić information content (AvgIpc) is 3.49. The first kappa shape index (κ1) is 24.3. The maximum absolute atomic E-state index is 13.2. The number of carbonyl (C=O) groups excluding carboxylic acids is 2. The molecule has 7 nitrogen and oxygen atoms in total. The number of hydrogen-bond donors (Lipinski definition) is 1. The number of rotatable bonds is 11. The van der Waals surface area contributed by atoms with Gasteiger partial charge in [-0.15, -0.1) is 0 Å². The lowest BCUT2D eigenvalue weighted by atomic mass is 9.95. The summed E-state index contributed by atoms with van der Waals surface area (Å²) in [6, 6.07) is 15.6. The van der Waals surface area contributed by atoms with Crippen LogP contribution in [0.25, 0.3) is 5.76 Å². The van der Waals surface area contributed by atoms with Crippen LogP contribution < -0.4 is 4.74 Å². The Morgan fingerprint density at radius 3 is 2.60 bits per heavy atom. The third-order valence-electron chi connectivity index (χ3n) is 6.15. The van der Waals surface area contributed by atoms with Crippen molar-refractivity contribution in [1.82, 2.24) is 14.5 Å². The SMILES string of the molecule is CCCCCOc1cccc(C2/C(=C(\O)c3ccccc3)C(=O)C(=O)N2CCCn2ccnc2)c1. The molecule has 0 saturated carbocycles. The monoisotopic (exact) mass is 473 g/mol. The van der Waals surface area contributed by atoms with Crippen LogP contribution in [0.5, 0.6) is 5.75 Å². The second-order valence-electron chi connectivity index (χ2n) is 8.64. The van der Waals surface area contributed by atoms with Crippen molar-refractivity contribution in [3.05, 3.63) is 90.0 Å². The Bertz CT molecular complexity index is 1170. The molecule has 182 valence electrons. The van der Waals surface area contributed by atoms with Crippen molar-refractivity contribution >= 4 is 17.4 Å². The molecule has 1 atom stereocenters. The highest BCUT2D eigenvalue weighted by Crippen LogP contribution is 2.40. The number of unbranched alkanes of at least 4 members (excludes halogenated alkanes) is 2. The summed E-state index contributed by atoms with van der Waals surface area (Å²) in [5.74, 6) is -0.761. The van der Waals surface area contributed by atoms with Crippen molar-refractivity contribution in [2.24, 2.45) is 0 Å². The Morgan fingerprint density at radius 2 is 1.86 bits per heavy atom. The van der Waals surface area contributed by atoms with Gasteiger partial charge in [-0.05, 0) is 30.5 Å². The van der Waals surface area contributed by atoms with Gasteiger partial charge < -0.3 is 19.3 Å². The van der Waals surface area contributed by atoms with Gasteiger partial charge in [-0.3, -0.25) is 9.59 Å². The van der Waals surface area contributed by atoms with Crippen molar-refractivity contribution in [2.45, 2.75) is 45.2 Å². The molecule has 0 radical (unpaired) electrons. The highest BCUT2D eigenvalue weighted by molar-refractivity contribution is 6.46. The third kappa shape index (κ3) is 5.62. The number of benzene rings is 2. The summed E-state index contributed by atoms with van der Waals surface area (Å²) >= 11 is 0. The topological polar surface area (TPSA) is 84.7 Å². The number of ether oxygens (including phenoxy) is 1. The van der Waals surface area contributed by atoms with Crippen LogP contribution in [0.2, 0.25) is 0 Å². The molecule has 1 aliphatic heterocycles. The molecule has 1 fully saturated rings. The molecule has 2 heterocycles. The zero-order chi connectivity index (χ0) is 24.6. The van der Waals surface area contributed by atoms with Gasteiger partial charge in [0.2, 0.25) is 0 Å². The molecular weight excluding hydrogens is 442 g/mol. The lowest BCUT2D eigenvalue weighted by molar-refractivity contribution is -0.139. The number of aromatic nitrogens is 2. The van der Waals surface area contributed by atoms with Crippen LogP contribution in [0, 0.1) is 0 Å². The fourth-order valence-corrected chi connectivity index (χ4v) is 4.37. The molecule has 2 aromatic carbocycles. The van der Waals surface area contributed by atoms with Crippen LogP contribution in [-0.2, 0) is 16.1 Å². The van der Waals surface area contributed by atoms with E-state index in [0.29, 0.717) is 37.4 Å². The van der Waals surface area contributed by atoms with Gasteiger partial charge in [0.05, 0.1) is 24.5 Å². The maximum atomic E-state index is 13.2. The molecule has 1 N–H and O–H groups in total. The van der Waals surface area contributed by atoms with E-state index in [2.05, 4.69) is 11.9 Å². The first-order valence-electron chi connectivity index (χ1n) is 12.1. The zero-order valence-corrected chi connectivity index (χ0v) is 20.0. The van der Waals surface area contributed by atoms with Gasteiger partial charge >= 0.3 is 0 Å². The Labute approximate surface area is 205 Å². The smallest absolute Gasteiger partial charge is 0.295 e. The Hall–Kier alpha value is -3.87. The Balaban J connectivity index is 1.67. The van der Waals surface area contributed by atoms with Gasteiger partial charge in [-0.2, -0.15) is 0 Å². The summed E-state index contributed by atoms with van der Waals surface area (Å²) in [6.07, 6.45) is 9.09. The molecule has 1 aromatic heterocycles. The molecule has 4 rings (SSSR count). The van der Waals surface area contributed by atoms with Crippen molar-refractivity contribution in [3.8, 4) is 5.75 Å². The summed E-state index contributed by atoms with van der Waals surface area (Å²) in [5, 5.41) is 11.1. The summed E-state index contributed by atoms with van der Waals surface area (Å²) < 4.78 is 7.86. The number of aliphatic hydroxyl groups is 1. The van der Waals surface area contributed by atoms with Gasteiger partial charge in [0.25, 0.3) is 11.7 Å². The van der Waals surface area contributed by atoms with Crippen LogP contribution in [0.15, 0.2) is 78.9 Å². The molecule has 0 spiro atoms. The minimum atomic E-state index is -0.697. The van der Waals surface area contributed by atoms with Crippen molar-refractivity contribution in [1.29, 1.82) is 0 Å². The summed E-state index contributed by atoms with van der Waals surface area (Å²) in [4.78, 5) is 31.9. The van der Waals surface area contributed by atoms with E-state index < -0.39 is 17.7 Å². The quantitative estimate of drug-likeness (QED) is 0.184. The number of nitrogens with zero attached hydrogens (tertiary/aromatic N) is 3. The van der Waals surface area contributed by atoms with E-state index in [1.54, 1.807) is 41.7 Å². The second-order valence-corrected chi connectivity index (χ2v) is 8.64. The maximum Gasteiger partial charge on any atom is 0.295 e. The minimum absolute atomic E-state index is 0.104. The molecular formula is C28H31N3O4. The molecule has 35 heavy (non-hydrogen) atoms. The van der Waals surface area contributed by atoms with E-state index in [0.717, 1.165) is 24.8 Å². The van der Waals surface area contributed by atoms with E-state index in [1.807, 2.05) is 41.1 Å². The molecule has 1 saturated heterocycles. The average molecular weight is 474 g/mol. The first-order valence-corrected chi connectivity index (χ1v) is 12.1. The number of amides is 1. The fraction of sp³-hybridized carbons (Fsp3) is 0.321. The standard InChI is InChI=1S/C28H31N3O4/c1-2-3-7-18-35-23-13-8-12-22(19-23)25-24(26(32)21-10-5-4-6-11-21)27(33)28(34)31(25)16-9-15-30-17-14-29-20-30/h4-6,8,10-14,17,19-20,25,32H,2-3,7,9,15-16,18H2,1H3/b26-24+. The summed E-state index contributed by atoms with van der Waals surface area (Å²) in [7, 11) is 0. The largest absolute Gasteiger partial charge is 0.507 e. The number of ketones is 1. The number of Topliss-reactive ketones (excluding diaryl/α,β-unsaturated/α-hetero) is 1. The fourth-order valence-electron chi connectivity index (χ4n) is 4.37. The van der Waals surface area contributed by atoms with Crippen molar-refractivity contribution in [3.63, 3.8) is 0 Å². The highest BCUT2D eigenvalue weighted by Gasteiger charge is 2.45. The number of aryl methyl sites for hydroxylation is 1. The van der Waals surface area contributed by atoms with Crippen molar-refractivity contribution < 1.29 is 19.4 Å². The molecule has 7 heteroatoms. The Kier molecular flexibility index (Phi) is 7.98. The normalized spacial score (nSPS) is 17.2. The van der Waals surface area contributed by atoms with Gasteiger partial charge in [0.15, 0.2) is 0 Å². The number of hydrogen-bond acceptors (Lipinski definition) is 5. The van der Waals surface area contributed by atoms with Gasteiger partial charge in [-0.25, -0.2) is 4.98 Å². The first-order chi connectivity index (χ1) is 17.1. The lowest BCUT2D eigenvalue weighted by Crippen LogP contribution is -2.31. The summed E-state index contributed by atoms with van der Waals surface area (Å²) in [6.45, 7) is 3.77. The van der Waals surface area contributed by atoms with Crippen LogP contribution in [-0.4, -0.2) is 44.4 Å². The van der Waals surface area contributed by atoms with Crippen LogP contribution in [0.3, 0.4) is 0 Å². The third-order valence-corrected chi connectivity index (χ3v) is 6.15. The molecule has 1 aliphatic rings. The van der Waals surface area contributed by atoms with E-state index in [1.165, 1.54) is 0 Å². The molecule has 1 amide bonds. The molecule has 0 bridgehead atoms. The van der Waals surface area contributed by atoms with Gasteiger partial charge in [0.1, 0.15) is 11.5 Å². The van der Waals surface area contributed by atoms with Crippen LogP contribution >= 0.6 is 0 Å². The van der Waals surface area contributed by atoms with Crippen LogP contribution in [0.4, 0.5) is 0 Å². The highest BCUT2D eigenvalue weighted by atomic mass is 16.5. The molecule has 1 unspecified atom stereocenters. The molecule has 3 aromatic rings.